The smallest absolute Gasteiger partial charge is 0.223 e. The van der Waals surface area contributed by atoms with Crippen LogP contribution in [-0.2, 0) is 14.3 Å². The molecule has 3 atom stereocenters. The summed E-state index contributed by atoms with van der Waals surface area (Å²) < 4.78 is 5.99. The number of hydrogen-bond acceptors (Lipinski definition) is 5. The van der Waals surface area contributed by atoms with E-state index in [-0.39, 0.29) is 42.6 Å². The molecule has 2 amide bonds. The Balaban J connectivity index is 1.29. The molecule has 3 aliphatic rings. The molecule has 0 unspecified atom stereocenters. The van der Waals surface area contributed by atoms with Gasteiger partial charge >= 0.3 is 0 Å². The zero-order valence-corrected chi connectivity index (χ0v) is 17.0. The minimum Gasteiger partial charge on any atom is -0.394 e. The topological polar surface area (TPSA) is 90.9 Å². The number of rotatable bonds is 9. The second-order valence-electron chi connectivity index (χ2n) is 8.59. The normalized spacial score (nSPS) is 29.1. The molecule has 160 valence electrons. The molecule has 3 N–H and O–H groups in total. The van der Waals surface area contributed by atoms with E-state index in [1.807, 2.05) is 0 Å². The number of carbonyl (C=O) groups excluding carboxylic acids is 2. The summed E-state index contributed by atoms with van der Waals surface area (Å²) in [5.74, 6) is 0.362. The number of ether oxygens (including phenoxy) is 1. The summed E-state index contributed by atoms with van der Waals surface area (Å²) in [6.07, 6.45) is 9.52. The van der Waals surface area contributed by atoms with Crippen molar-refractivity contribution in [2.45, 2.75) is 82.5 Å². The highest BCUT2D eigenvalue weighted by Gasteiger charge is 2.34. The highest BCUT2D eigenvalue weighted by atomic mass is 16.5. The van der Waals surface area contributed by atoms with Crippen molar-refractivity contribution in [2.24, 2.45) is 5.92 Å². The number of piperidine rings is 1. The highest BCUT2D eigenvalue weighted by Crippen LogP contribution is 2.28. The first kappa shape index (κ1) is 21.5. The first-order valence-corrected chi connectivity index (χ1v) is 11.2. The van der Waals surface area contributed by atoms with Gasteiger partial charge in [-0.15, -0.1) is 0 Å². The van der Waals surface area contributed by atoms with E-state index in [0.717, 1.165) is 58.2 Å². The van der Waals surface area contributed by atoms with E-state index in [2.05, 4.69) is 15.5 Å². The Morgan fingerprint density at radius 3 is 2.50 bits per heavy atom. The lowest BCUT2D eigenvalue weighted by molar-refractivity contribution is -0.134. The molecule has 0 aromatic carbocycles. The molecule has 2 heterocycles. The molecule has 0 aromatic heterocycles. The third kappa shape index (κ3) is 6.42. The predicted octanol–water partition coefficient (Wildman–Crippen LogP) is 1.19. The molecule has 3 fully saturated rings. The van der Waals surface area contributed by atoms with Gasteiger partial charge in [0.15, 0.2) is 0 Å². The minimum atomic E-state index is -0.349. The van der Waals surface area contributed by atoms with Crippen molar-refractivity contribution in [1.29, 1.82) is 0 Å². The van der Waals surface area contributed by atoms with Gasteiger partial charge in [0, 0.05) is 25.4 Å². The van der Waals surface area contributed by atoms with Crippen LogP contribution in [0.4, 0.5) is 0 Å². The summed E-state index contributed by atoms with van der Waals surface area (Å²) in [6.45, 7) is 3.59. The van der Waals surface area contributed by atoms with Crippen molar-refractivity contribution in [1.82, 2.24) is 15.5 Å². The lowest BCUT2D eigenvalue weighted by atomic mass is 9.84. The van der Waals surface area contributed by atoms with Gasteiger partial charge in [-0.25, -0.2) is 0 Å². The lowest BCUT2D eigenvalue weighted by Gasteiger charge is -2.37. The van der Waals surface area contributed by atoms with Gasteiger partial charge < -0.3 is 25.4 Å². The molecular weight excluding hydrogens is 358 g/mol. The number of likely N-dealkylation sites (tertiary alicyclic amines) is 1. The standard InChI is InChI=1S/C21H37N3O4/c25-15-19-18(23-21(27)16-5-4-6-16)8-7-17(28-19)9-11-22-20(26)10-14-24-12-2-1-3-13-24/h16-19,25H,1-15H2,(H,22,26)(H,23,27)/t17-,18-,19+/m0/s1. The Labute approximate surface area is 168 Å². The zero-order chi connectivity index (χ0) is 19.8. The molecular formula is C21H37N3O4. The molecule has 1 aliphatic carbocycles. The maximum Gasteiger partial charge on any atom is 0.223 e. The van der Waals surface area contributed by atoms with E-state index < -0.39 is 0 Å². The molecule has 1 saturated carbocycles. The van der Waals surface area contributed by atoms with Crippen molar-refractivity contribution in [3.05, 3.63) is 0 Å². The fraction of sp³-hybridized carbons (Fsp3) is 0.905. The molecule has 28 heavy (non-hydrogen) atoms. The monoisotopic (exact) mass is 395 g/mol. The van der Waals surface area contributed by atoms with E-state index >= 15 is 0 Å². The summed E-state index contributed by atoms with van der Waals surface area (Å²) >= 11 is 0. The van der Waals surface area contributed by atoms with Crippen LogP contribution in [0.1, 0.15) is 64.2 Å². The fourth-order valence-electron chi connectivity index (χ4n) is 4.38. The van der Waals surface area contributed by atoms with E-state index in [1.165, 1.54) is 19.3 Å². The van der Waals surface area contributed by atoms with Crippen LogP contribution in [0.25, 0.3) is 0 Å². The molecule has 0 aromatic rings. The quantitative estimate of drug-likeness (QED) is 0.546. The Morgan fingerprint density at radius 1 is 1.04 bits per heavy atom. The van der Waals surface area contributed by atoms with Crippen LogP contribution >= 0.6 is 0 Å². The third-order valence-corrected chi connectivity index (χ3v) is 6.49. The Bertz CT molecular complexity index is 506. The van der Waals surface area contributed by atoms with E-state index in [9.17, 15) is 14.7 Å². The summed E-state index contributed by atoms with van der Waals surface area (Å²) in [5.41, 5.74) is 0. The molecule has 2 aliphatic heterocycles. The molecule has 7 heteroatoms. The average Bonchev–Trinajstić information content (AvgIpc) is 2.67. The molecule has 2 saturated heterocycles. The molecule has 0 spiro atoms. The van der Waals surface area contributed by atoms with E-state index in [0.29, 0.717) is 13.0 Å². The number of carbonyl (C=O) groups is 2. The maximum atomic E-state index is 12.2. The second kappa shape index (κ2) is 11.1. The summed E-state index contributed by atoms with van der Waals surface area (Å²) in [6, 6.07) is -0.103. The molecule has 7 nitrogen and oxygen atoms in total. The van der Waals surface area contributed by atoms with Gasteiger partial charge in [0.2, 0.25) is 11.8 Å². The molecule has 0 bridgehead atoms. The van der Waals surface area contributed by atoms with Crippen LogP contribution in [0.3, 0.4) is 0 Å². The van der Waals surface area contributed by atoms with Gasteiger partial charge in [-0.2, -0.15) is 0 Å². The number of aliphatic hydroxyl groups is 1. The Hall–Kier alpha value is -1.18. The van der Waals surface area contributed by atoms with Crippen molar-refractivity contribution in [3.8, 4) is 0 Å². The highest BCUT2D eigenvalue weighted by molar-refractivity contribution is 5.79. The Morgan fingerprint density at radius 2 is 1.82 bits per heavy atom. The lowest BCUT2D eigenvalue weighted by Crippen LogP contribution is -2.53. The van der Waals surface area contributed by atoms with Gasteiger partial charge in [-0.3, -0.25) is 9.59 Å². The fourth-order valence-corrected chi connectivity index (χ4v) is 4.38. The van der Waals surface area contributed by atoms with Crippen LogP contribution in [0.2, 0.25) is 0 Å². The minimum absolute atomic E-state index is 0.0244. The van der Waals surface area contributed by atoms with E-state index in [4.69, 9.17) is 4.74 Å². The zero-order valence-electron chi connectivity index (χ0n) is 17.0. The van der Waals surface area contributed by atoms with Crippen LogP contribution in [0.15, 0.2) is 0 Å². The predicted molar refractivity (Wildman–Crippen MR) is 107 cm³/mol. The van der Waals surface area contributed by atoms with Crippen LogP contribution in [-0.4, -0.2) is 72.9 Å². The molecule has 0 radical (unpaired) electrons. The third-order valence-electron chi connectivity index (χ3n) is 6.49. The summed E-state index contributed by atoms with van der Waals surface area (Å²) in [5, 5.41) is 15.7. The number of aliphatic hydroxyl groups excluding tert-OH is 1. The maximum absolute atomic E-state index is 12.2. The summed E-state index contributed by atoms with van der Waals surface area (Å²) in [4.78, 5) is 26.6. The SMILES string of the molecule is O=C(CCN1CCCCC1)NCC[C@@H]1CC[C@H](NC(=O)C2CCC2)[C@@H](CO)O1. The number of nitrogens with one attached hydrogen (secondary N) is 2. The average molecular weight is 396 g/mol. The molecule has 3 rings (SSSR count). The van der Waals surface area contributed by atoms with Gasteiger partial charge in [0.05, 0.1) is 18.8 Å². The van der Waals surface area contributed by atoms with Crippen molar-refractivity contribution < 1.29 is 19.4 Å². The second-order valence-corrected chi connectivity index (χ2v) is 8.59. The Kier molecular flexibility index (Phi) is 8.55. The van der Waals surface area contributed by atoms with Gasteiger partial charge in [0.25, 0.3) is 0 Å². The van der Waals surface area contributed by atoms with Gasteiger partial charge in [0.1, 0.15) is 6.10 Å². The largest absolute Gasteiger partial charge is 0.394 e. The summed E-state index contributed by atoms with van der Waals surface area (Å²) in [7, 11) is 0. The first-order chi connectivity index (χ1) is 13.7. The van der Waals surface area contributed by atoms with E-state index in [1.54, 1.807) is 0 Å². The van der Waals surface area contributed by atoms with Crippen molar-refractivity contribution in [2.75, 3.05) is 32.8 Å². The van der Waals surface area contributed by atoms with Crippen molar-refractivity contribution in [3.63, 3.8) is 0 Å². The van der Waals surface area contributed by atoms with Crippen LogP contribution in [0, 0.1) is 5.92 Å². The van der Waals surface area contributed by atoms with Gasteiger partial charge in [-0.05, 0) is 58.0 Å². The van der Waals surface area contributed by atoms with Crippen molar-refractivity contribution >= 4 is 11.8 Å². The van der Waals surface area contributed by atoms with Crippen LogP contribution in [0.5, 0.6) is 0 Å². The number of amides is 2. The van der Waals surface area contributed by atoms with Crippen LogP contribution < -0.4 is 10.6 Å². The van der Waals surface area contributed by atoms with Gasteiger partial charge in [-0.1, -0.05) is 12.8 Å². The first-order valence-electron chi connectivity index (χ1n) is 11.2. The number of nitrogens with zero attached hydrogens (tertiary/aromatic N) is 1. The number of hydrogen-bond donors (Lipinski definition) is 3.